The number of thiophene rings is 1. The quantitative estimate of drug-likeness (QED) is 0.417. The van der Waals surface area contributed by atoms with E-state index in [1.54, 1.807) is 17.0 Å². The van der Waals surface area contributed by atoms with Gasteiger partial charge in [0.1, 0.15) is 10.5 Å². The Morgan fingerprint density at radius 3 is 2.93 bits per heavy atom. The van der Waals surface area contributed by atoms with Crippen molar-refractivity contribution in [3.05, 3.63) is 57.7 Å². The van der Waals surface area contributed by atoms with Gasteiger partial charge in [-0.25, -0.2) is 0 Å². The lowest BCUT2D eigenvalue weighted by molar-refractivity contribution is -0.121. The van der Waals surface area contributed by atoms with Crippen LogP contribution in [0.25, 0.3) is 16.0 Å². The van der Waals surface area contributed by atoms with Crippen LogP contribution in [0.15, 0.2) is 40.8 Å². The van der Waals surface area contributed by atoms with Crippen LogP contribution in [0.3, 0.4) is 0 Å². The summed E-state index contributed by atoms with van der Waals surface area (Å²) >= 11 is 1.43. The highest BCUT2D eigenvalue weighted by Crippen LogP contribution is 2.20. The van der Waals surface area contributed by atoms with Crippen LogP contribution in [0, 0.1) is 0 Å². The molecule has 8 nitrogen and oxygen atoms in total. The zero-order valence-corrected chi connectivity index (χ0v) is 17.7. The Morgan fingerprint density at radius 1 is 1.23 bits per heavy atom. The number of nitrogens with one attached hydrogen (secondary N) is 1. The van der Waals surface area contributed by atoms with Crippen molar-refractivity contribution >= 4 is 33.2 Å². The maximum Gasteiger partial charge on any atom is 0.272 e. The number of unbranched alkanes of at least 4 members (excludes halogenated alkanes) is 2. The third-order valence-corrected chi connectivity index (χ3v) is 5.94. The van der Waals surface area contributed by atoms with Crippen LogP contribution in [0.2, 0.25) is 0 Å². The summed E-state index contributed by atoms with van der Waals surface area (Å²) < 4.78 is 4.34. The first-order valence-corrected chi connectivity index (χ1v) is 11.1. The van der Waals surface area contributed by atoms with Crippen LogP contribution >= 0.6 is 11.3 Å². The van der Waals surface area contributed by atoms with Crippen LogP contribution in [0.1, 0.15) is 44.0 Å². The molecule has 0 aliphatic carbocycles. The van der Waals surface area contributed by atoms with E-state index in [4.69, 9.17) is 0 Å². The summed E-state index contributed by atoms with van der Waals surface area (Å²) in [4.78, 5) is 29.3. The van der Waals surface area contributed by atoms with E-state index in [2.05, 4.69) is 27.4 Å². The van der Waals surface area contributed by atoms with Gasteiger partial charge in [-0.2, -0.15) is 0 Å². The lowest BCUT2D eigenvalue weighted by Crippen LogP contribution is -2.24. The largest absolute Gasteiger partial charge is 0.352 e. The van der Waals surface area contributed by atoms with Crippen LogP contribution in [0.4, 0.5) is 0 Å². The fraction of sp³-hybridized carbons (Fsp3) is 0.381. The molecule has 0 saturated heterocycles. The van der Waals surface area contributed by atoms with E-state index >= 15 is 0 Å². The van der Waals surface area contributed by atoms with Gasteiger partial charge in [0.15, 0.2) is 0 Å². The van der Waals surface area contributed by atoms with Crippen molar-refractivity contribution in [2.24, 2.45) is 0 Å². The SMILES string of the molecule is CCCCCn1c(=O)c2sccc2n2c(CCC(=O)NCc3cccnc3)nnc12. The number of nitrogens with zero attached hydrogens (tertiary/aromatic N) is 5. The molecule has 0 aliphatic heterocycles. The first-order chi connectivity index (χ1) is 14.7. The summed E-state index contributed by atoms with van der Waals surface area (Å²) in [6.07, 6.45) is 7.23. The molecule has 4 aromatic rings. The van der Waals surface area contributed by atoms with Gasteiger partial charge in [-0.05, 0) is 29.5 Å². The molecule has 1 amide bonds. The number of carbonyl (C=O) groups excluding carboxylic acids is 1. The van der Waals surface area contributed by atoms with Gasteiger partial charge in [-0.3, -0.25) is 23.5 Å². The fourth-order valence-corrected chi connectivity index (χ4v) is 4.31. The lowest BCUT2D eigenvalue weighted by Gasteiger charge is -2.09. The highest BCUT2D eigenvalue weighted by molar-refractivity contribution is 7.17. The second-order valence-electron chi connectivity index (χ2n) is 7.19. The van der Waals surface area contributed by atoms with Crippen molar-refractivity contribution in [2.45, 2.75) is 52.1 Å². The van der Waals surface area contributed by atoms with Gasteiger partial charge in [-0.1, -0.05) is 25.8 Å². The Bertz CT molecular complexity index is 1210. The first-order valence-electron chi connectivity index (χ1n) is 10.2. The van der Waals surface area contributed by atoms with Crippen molar-refractivity contribution in [2.75, 3.05) is 0 Å². The molecule has 0 aliphatic rings. The first kappa shape index (κ1) is 20.2. The molecule has 0 atom stereocenters. The molecule has 0 aromatic carbocycles. The molecule has 30 heavy (non-hydrogen) atoms. The summed E-state index contributed by atoms with van der Waals surface area (Å²) in [5, 5.41) is 13.4. The van der Waals surface area contributed by atoms with Crippen molar-refractivity contribution in [1.29, 1.82) is 0 Å². The number of aromatic nitrogens is 5. The van der Waals surface area contributed by atoms with Crippen molar-refractivity contribution in [3.63, 3.8) is 0 Å². The predicted molar refractivity (Wildman–Crippen MR) is 117 cm³/mol. The summed E-state index contributed by atoms with van der Waals surface area (Å²) in [6.45, 7) is 3.20. The second kappa shape index (κ2) is 9.17. The van der Waals surface area contributed by atoms with E-state index < -0.39 is 0 Å². The van der Waals surface area contributed by atoms with E-state index in [9.17, 15) is 9.59 Å². The molecule has 1 N–H and O–H groups in total. The molecule has 9 heteroatoms. The van der Waals surface area contributed by atoms with Crippen molar-refractivity contribution < 1.29 is 4.79 Å². The predicted octanol–water partition coefficient (Wildman–Crippen LogP) is 2.94. The minimum Gasteiger partial charge on any atom is -0.352 e. The van der Waals surface area contributed by atoms with Gasteiger partial charge >= 0.3 is 0 Å². The molecule has 0 saturated carbocycles. The Morgan fingerprint density at radius 2 is 2.13 bits per heavy atom. The average molecular weight is 425 g/mol. The van der Waals surface area contributed by atoms with Crippen molar-refractivity contribution in [1.82, 2.24) is 29.5 Å². The van der Waals surface area contributed by atoms with E-state index in [-0.39, 0.29) is 11.5 Å². The van der Waals surface area contributed by atoms with Crippen LogP contribution in [-0.4, -0.2) is 30.1 Å². The molecular formula is C21H24N6O2S. The van der Waals surface area contributed by atoms with Crippen LogP contribution < -0.4 is 10.9 Å². The molecular weight excluding hydrogens is 400 g/mol. The minimum absolute atomic E-state index is 0.0169. The topological polar surface area (TPSA) is 94.2 Å². The van der Waals surface area contributed by atoms with Crippen molar-refractivity contribution in [3.8, 4) is 0 Å². The maximum atomic E-state index is 12.9. The summed E-state index contributed by atoms with van der Waals surface area (Å²) in [7, 11) is 0. The molecule has 156 valence electrons. The number of hydrogen-bond donors (Lipinski definition) is 1. The number of pyridine rings is 1. The molecule has 0 unspecified atom stereocenters. The molecule has 0 spiro atoms. The van der Waals surface area contributed by atoms with E-state index in [0.717, 1.165) is 30.3 Å². The van der Waals surface area contributed by atoms with Gasteiger partial charge < -0.3 is 5.32 Å². The number of rotatable bonds is 9. The molecule has 4 rings (SSSR count). The number of hydrogen-bond acceptors (Lipinski definition) is 6. The number of fused-ring (bicyclic) bond motifs is 3. The Hall–Kier alpha value is -3.07. The van der Waals surface area contributed by atoms with Crippen LogP contribution in [0.5, 0.6) is 0 Å². The third kappa shape index (κ3) is 4.11. The average Bonchev–Trinajstić information content (AvgIpc) is 3.41. The Labute approximate surface area is 177 Å². The second-order valence-corrected chi connectivity index (χ2v) is 8.10. The fourth-order valence-electron chi connectivity index (χ4n) is 3.48. The van der Waals surface area contributed by atoms with Crippen LogP contribution in [-0.2, 0) is 24.3 Å². The molecule has 4 aromatic heterocycles. The van der Waals surface area contributed by atoms with Gasteiger partial charge in [0.05, 0.1) is 5.52 Å². The smallest absolute Gasteiger partial charge is 0.272 e. The molecule has 0 bridgehead atoms. The zero-order chi connectivity index (χ0) is 20.9. The number of amides is 1. The summed E-state index contributed by atoms with van der Waals surface area (Å²) in [6, 6.07) is 5.68. The zero-order valence-electron chi connectivity index (χ0n) is 16.9. The van der Waals surface area contributed by atoms with E-state index in [1.807, 2.05) is 28.0 Å². The number of carbonyl (C=O) groups is 1. The third-order valence-electron chi connectivity index (χ3n) is 5.05. The van der Waals surface area contributed by atoms with Gasteiger partial charge in [0.2, 0.25) is 11.7 Å². The van der Waals surface area contributed by atoms with Gasteiger partial charge in [0.25, 0.3) is 5.56 Å². The minimum atomic E-state index is -0.0616. The molecule has 0 fully saturated rings. The van der Waals surface area contributed by atoms with Gasteiger partial charge in [-0.15, -0.1) is 21.5 Å². The highest BCUT2D eigenvalue weighted by Gasteiger charge is 2.17. The van der Waals surface area contributed by atoms with Gasteiger partial charge in [0, 0.05) is 38.3 Å². The molecule has 0 radical (unpaired) electrons. The Balaban J connectivity index is 1.54. The standard InChI is InChI=1S/C21H24N6O2S/c1-2-3-4-11-26-20(29)19-16(9-12-30-19)27-17(24-25-21(26)27)7-8-18(28)23-14-15-6-5-10-22-13-15/h5-6,9-10,12-13H,2-4,7-8,11,14H2,1H3,(H,23,28). The van der Waals surface area contributed by atoms with E-state index in [0.29, 0.717) is 42.2 Å². The summed E-state index contributed by atoms with van der Waals surface area (Å²) in [5.41, 5.74) is 1.74. The lowest BCUT2D eigenvalue weighted by atomic mass is 10.2. The Kier molecular flexibility index (Phi) is 6.18. The van der Waals surface area contributed by atoms with E-state index in [1.165, 1.54) is 11.3 Å². The monoisotopic (exact) mass is 424 g/mol. The summed E-state index contributed by atoms with van der Waals surface area (Å²) in [5.74, 6) is 1.18. The maximum absolute atomic E-state index is 12.9. The molecule has 4 heterocycles. The number of aryl methyl sites for hydroxylation is 2. The highest BCUT2D eigenvalue weighted by atomic mass is 32.1. The normalized spacial score (nSPS) is 11.4.